The Morgan fingerprint density at radius 3 is 2.46 bits per heavy atom. The van der Waals surface area contributed by atoms with Crippen LogP contribution in [0.4, 0.5) is 0 Å². The van der Waals surface area contributed by atoms with Gasteiger partial charge in [0, 0.05) is 30.9 Å². The van der Waals surface area contributed by atoms with Gasteiger partial charge in [-0.3, -0.25) is 33.3 Å². The first-order valence-electron chi connectivity index (χ1n) is 16.8. The third-order valence-corrected chi connectivity index (χ3v) is 13.6. The molecular weight excluding hydrogens is 762 g/mol. The van der Waals surface area contributed by atoms with Crippen LogP contribution in [-0.2, 0) is 37.7 Å². The monoisotopic (exact) mass is 806 g/mol. The van der Waals surface area contributed by atoms with Gasteiger partial charge in [-0.25, -0.2) is 9.36 Å². The third-order valence-electron chi connectivity index (χ3n) is 12.3. The molecule has 1 aromatic rings. The molecule has 5 fully saturated rings. The van der Waals surface area contributed by atoms with Crippen LogP contribution in [0.1, 0.15) is 97.1 Å². The Hall–Kier alpha value is -1.91. The molecule has 48 heavy (non-hydrogen) atoms. The molecule has 4 aliphatic carbocycles. The summed E-state index contributed by atoms with van der Waals surface area (Å²) in [6, 6.07) is 0. The number of phosphoric acid groups is 1. The van der Waals surface area contributed by atoms with Crippen molar-refractivity contribution < 1.29 is 47.5 Å². The fourth-order valence-corrected chi connectivity index (χ4v) is 10.6. The Bertz CT molecular complexity index is 1610. The summed E-state index contributed by atoms with van der Waals surface area (Å²) in [4.78, 5) is 82.9. The number of aromatic nitrogens is 2. The van der Waals surface area contributed by atoms with Crippen molar-refractivity contribution in [2.75, 3.05) is 6.61 Å². The number of phosphoric ester groups is 1. The van der Waals surface area contributed by atoms with Crippen LogP contribution in [0.25, 0.3) is 0 Å². The fraction of sp³-hybridized carbons (Fsp3) is 0.781. The number of nitrogens with zero attached hydrogens (tertiary/aromatic N) is 1. The molecule has 2 heterocycles. The summed E-state index contributed by atoms with van der Waals surface area (Å²) in [6.07, 6.45) is 5.70. The molecule has 0 aromatic carbocycles. The maximum Gasteiger partial charge on any atom is 0.469 e. The number of nitrogens with one attached hydrogen (secondary N) is 1. The molecule has 0 unspecified atom stereocenters. The highest BCUT2D eigenvalue weighted by atomic mass is 127. The molecule has 0 radical (unpaired) electrons. The lowest BCUT2D eigenvalue weighted by molar-refractivity contribution is -0.167. The van der Waals surface area contributed by atoms with E-state index in [1.54, 1.807) is 22.6 Å². The Morgan fingerprint density at radius 1 is 1.02 bits per heavy atom. The summed E-state index contributed by atoms with van der Waals surface area (Å²) in [5, 5.41) is 0. The van der Waals surface area contributed by atoms with E-state index in [9.17, 15) is 38.3 Å². The minimum absolute atomic E-state index is 0.0620. The van der Waals surface area contributed by atoms with E-state index in [2.05, 4.69) is 23.4 Å². The van der Waals surface area contributed by atoms with Crippen molar-refractivity contribution in [3.05, 3.63) is 30.6 Å². The molecule has 0 amide bonds. The van der Waals surface area contributed by atoms with Crippen molar-refractivity contribution in [2.24, 2.45) is 34.5 Å². The molecular formula is C32H44IN2O12P. The number of carbonyl (C=O) groups excluding carboxylic acids is 3. The fourth-order valence-electron chi connectivity index (χ4n) is 9.83. The Labute approximate surface area is 291 Å². The molecule has 0 bridgehead atoms. The Balaban J connectivity index is 1.04. The quantitative estimate of drug-likeness (QED) is 0.186. The summed E-state index contributed by atoms with van der Waals surface area (Å²) in [6.45, 7) is 4.03. The Kier molecular flexibility index (Phi) is 10.2. The molecule has 4 saturated carbocycles. The Morgan fingerprint density at radius 2 is 1.73 bits per heavy atom. The van der Waals surface area contributed by atoms with Gasteiger partial charge in [0.1, 0.15) is 30.3 Å². The van der Waals surface area contributed by atoms with Crippen LogP contribution >= 0.6 is 30.4 Å². The second-order valence-corrected chi connectivity index (χ2v) is 17.2. The molecule has 5 aliphatic rings. The summed E-state index contributed by atoms with van der Waals surface area (Å²) < 4.78 is 34.6. The highest BCUT2D eigenvalue weighted by Crippen LogP contribution is 2.66. The summed E-state index contributed by atoms with van der Waals surface area (Å²) >= 11 is 1.75. The molecule has 1 aromatic heterocycles. The van der Waals surface area contributed by atoms with Gasteiger partial charge in [0.15, 0.2) is 0 Å². The van der Waals surface area contributed by atoms with Crippen molar-refractivity contribution in [1.29, 1.82) is 0 Å². The van der Waals surface area contributed by atoms with E-state index in [4.69, 9.17) is 14.2 Å². The van der Waals surface area contributed by atoms with Crippen LogP contribution in [0.2, 0.25) is 0 Å². The van der Waals surface area contributed by atoms with Crippen molar-refractivity contribution in [3.63, 3.8) is 0 Å². The van der Waals surface area contributed by atoms with Gasteiger partial charge in [-0.1, -0.05) is 13.8 Å². The number of carbonyl (C=O) groups is 3. The van der Waals surface area contributed by atoms with Gasteiger partial charge < -0.3 is 24.0 Å². The standard InChI is InChI=1S/C32H44IN2O12P/c1-31-11-9-18(36)13-17(31)3-4-19-20-5-6-25(32(20,2)12-10-21(19)31)47-28(38)8-7-27(37)46-23-14-26(45-24(23)16-44-48(41,42)43)35-15-22(33)29(39)34-30(35)40/h15,17,19-21,23-26H,3-14,16H2,1-2H3,(H,34,39,40)(H2,41,42,43)/t17-,19-,20-,21-,23-,24+,25-,26+,31-,32-/m0/s1. The first-order valence-corrected chi connectivity index (χ1v) is 19.5. The molecule has 0 spiro atoms. The van der Waals surface area contributed by atoms with Crippen LogP contribution < -0.4 is 11.2 Å². The van der Waals surface area contributed by atoms with Gasteiger partial charge in [0.2, 0.25) is 0 Å². The number of hydrogen-bond acceptors (Lipinski definition) is 10. The topological polar surface area (TPSA) is 201 Å². The van der Waals surface area contributed by atoms with Crippen molar-refractivity contribution in [1.82, 2.24) is 9.55 Å². The zero-order valence-corrected chi connectivity index (χ0v) is 30.2. The van der Waals surface area contributed by atoms with Crippen molar-refractivity contribution in [2.45, 2.75) is 115 Å². The van der Waals surface area contributed by atoms with E-state index in [1.165, 1.54) is 6.20 Å². The van der Waals surface area contributed by atoms with Gasteiger partial charge in [-0.15, -0.1) is 0 Å². The second-order valence-electron chi connectivity index (χ2n) is 14.8. The first kappa shape index (κ1) is 35.9. The molecule has 1 aliphatic heterocycles. The summed E-state index contributed by atoms with van der Waals surface area (Å²) in [5.41, 5.74) is -1.28. The number of rotatable bonds is 9. The lowest BCUT2D eigenvalue weighted by atomic mass is 9.45. The van der Waals surface area contributed by atoms with E-state index >= 15 is 0 Å². The van der Waals surface area contributed by atoms with Crippen LogP contribution in [0.15, 0.2) is 15.8 Å². The molecule has 14 nitrogen and oxygen atoms in total. The molecule has 10 atom stereocenters. The molecule has 16 heteroatoms. The minimum Gasteiger partial charge on any atom is -0.462 e. The number of hydrogen-bond donors (Lipinski definition) is 3. The van der Waals surface area contributed by atoms with Crippen LogP contribution in [-0.4, -0.2) is 62.0 Å². The SMILES string of the molecule is C[C@]12CCC(=O)C[C@@H]1CC[C@@H]1[C@@H]2CC[C@]2(C)[C@@H](OC(=O)CCC(=O)O[C@H]3C[C@H](n4cc(I)c(=O)[nH]c4=O)O[C@@H]3COP(=O)(O)O)CC[C@@H]12. The molecule has 6 rings (SSSR count). The lowest BCUT2D eigenvalue weighted by Gasteiger charge is -2.60. The minimum atomic E-state index is -4.88. The number of ether oxygens (including phenoxy) is 3. The van der Waals surface area contributed by atoms with Crippen LogP contribution in [0.3, 0.4) is 0 Å². The largest absolute Gasteiger partial charge is 0.469 e. The number of ketones is 1. The number of halogens is 1. The van der Waals surface area contributed by atoms with Gasteiger partial charge in [0.25, 0.3) is 5.56 Å². The van der Waals surface area contributed by atoms with Crippen molar-refractivity contribution in [3.8, 4) is 0 Å². The van der Waals surface area contributed by atoms with Gasteiger partial charge in [-0.05, 0) is 96.6 Å². The number of H-pyrrole nitrogens is 1. The van der Waals surface area contributed by atoms with Gasteiger partial charge in [-0.2, -0.15) is 0 Å². The summed E-state index contributed by atoms with van der Waals surface area (Å²) in [5.74, 6) is 1.26. The average molecular weight is 807 g/mol. The second kappa shape index (κ2) is 13.7. The normalized spacial score (nSPS) is 37.7. The van der Waals surface area contributed by atoms with Crippen LogP contribution in [0.5, 0.6) is 0 Å². The average Bonchev–Trinajstić information content (AvgIpc) is 3.56. The zero-order chi connectivity index (χ0) is 34.6. The lowest BCUT2D eigenvalue weighted by Crippen LogP contribution is -2.54. The maximum absolute atomic E-state index is 13.1. The van der Waals surface area contributed by atoms with Gasteiger partial charge in [0.05, 0.1) is 23.0 Å². The predicted molar refractivity (Wildman–Crippen MR) is 176 cm³/mol. The summed E-state index contributed by atoms with van der Waals surface area (Å²) in [7, 11) is -4.88. The maximum atomic E-state index is 13.1. The van der Waals surface area contributed by atoms with Gasteiger partial charge >= 0.3 is 25.5 Å². The number of fused-ring (bicyclic) bond motifs is 5. The highest BCUT2D eigenvalue weighted by Gasteiger charge is 2.61. The van der Waals surface area contributed by atoms with E-state index in [0.29, 0.717) is 35.9 Å². The number of Topliss-reactive ketones (excluding diaryl/α,β-unsaturated/α-hetero) is 1. The number of esters is 2. The number of aromatic amines is 1. The zero-order valence-electron chi connectivity index (χ0n) is 27.1. The first-order chi connectivity index (χ1) is 22.6. The van der Waals surface area contributed by atoms with E-state index in [0.717, 1.165) is 55.9 Å². The molecule has 266 valence electrons. The van der Waals surface area contributed by atoms with E-state index in [1.807, 2.05) is 0 Å². The predicted octanol–water partition coefficient (Wildman–Crippen LogP) is 3.75. The smallest absolute Gasteiger partial charge is 0.462 e. The van der Waals surface area contributed by atoms with Crippen molar-refractivity contribution >= 4 is 48.1 Å². The van der Waals surface area contributed by atoms with E-state index in [-0.39, 0.29) is 39.8 Å². The molecule has 3 N–H and O–H groups in total. The van der Waals surface area contributed by atoms with E-state index < -0.39 is 56.1 Å². The third kappa shape index (κ3) is 7.14. The molecule has 1 saturated heterocycles. The highest BCUT2D eigenvalue weighted by molar-refractivity contribution is 14.1. The van der Waals surface area contributed by atoms with Crippen LogP contribution in [0, 0.1) is 38.1 Å².